The average molecular weight is 341 g/mol. The van der Waals surface area contributed by atoms with Crippen molar-refractivity contribution in [3.63, 3.8) is 0 Å². The van der Waals surface area contributed by atoms with Crippen LogP contribution in [-0.2, 0) is 0 Å². The summed E-state index contributed by atoms with van der Waals surface area (Å²) in [5.41, 5.74) is 0.469. The predicted octanol–water partition coefficient (Wildman–Crippen LogP) is 4.07. The molecule has 0 radical (unpaired) electrons. The highest BCUT2D eigenvalue weighted by Crippen LogP contribution is 2.36. The van der Waals surface area contributed by atoms with Crippen LogP contribution in [0.15, 0.2) is 24.3 Å². The minimum atomic E-state index is -2.74. The highest BCUT2D eigenvalue weighted by Gasteiger charge is 2.42. The van der Waals surface area contributed by atoms with Crippen LogP contribution in [0.4, 0.5) is 14.6 Å². The van der Waals surface area contributed by atoms with Crippen molar-refractivity contribution in [2.24, 2.45) is 5.92 Å². The zero-order valence-corrected chi connectivity index (χ0v) is 13.1. The Morgan fingerprint density at radius 1 is 1.48 bits per heavy atom. The van der Waals surface area contributed by atoms with Crippen LogP contribution >= 0.6 is 11.6 Å². The molecular formula is C16H15ClF2N2O2. The maximum absolute atomic E-state index is 13.7. The lowest BCUT2D eigenvalue weighted by atomic mass is 9.95. The summed E-state index contributed by atoms with van der Waals surface area (Å²) < 4.78 is 27.4. The van der Waals surface area contributed by atoms with Crippen molar-refractivity contribution in [2.45, 2.75) is 19.3 Å². The summed E-state index contributed by atoms with van der Waals surface area (Å²) in [7, 11) is 0. The van der Waals surface area contributed by atoms with E-state index in [-0.39, 0.29) is 30.9 Å². The second kappa shape index (κ2) is 5.60. The Kier molecular flexibility index (Phi) is 3.88. The number of carboxylic acid groups (broad SMARTS) is 1. The van der Waals surface area contributed by atoms with Gasteiger partial charge in [-0.1, -0.05) is 30.7 Å². The first kappa shape index (κ1) is 15.9. The normalized spacial score (nSPS) is 20.7. The molecule has 1 fully saturated rings. The number of nitrogens with zero attached hydrogens (tertiary/aromatic N) is 2. The summed E-state index contributed by atoms with van der Waals surface area (Å²) in [6.45, 7) is 1.57. The van der Waals surface area contributed by atoms with Crippen molar-refractivity contribution in [1.29, 1.82) is 0 Å². The molecule has 7 heteroatoms. The van der Waals surface area contributed by atoms with E-state index in [4.69, 9.17) is 11.6 Å². The maximum Gasteiger partial charge on any atom is 0.339 e. The van der Waals surface area contributed by atoms with Gasteiger partial charge in [-0.05, 0) is 12.1 Å². The van der Waals surface area contributed by atoms with Gasteiger partial charge in [0.05, 0.1) is 10.5 Å². The average Bonchev–Trinajstić information content (AvgIpc) is 2.49. The largest absolute Gasteiger partial charge is 0.478 e. The van der Waals surface area contributed by atoms with Gasteiger partial charge in [0.1, 0.15) is 11.4 Å². The number of alkyl halides is 2. The predicted molar refractivity (Wildman–Crippen MR) is 84.7 cm³/mol. The van der Waals surface area contributed by atoms with Crippen molar-refractivity contribution in [1.82, 2.24) is 4.98 Å². The summed E-state index contributed by atoms with van der Waals surface area (Å²) in [5, 5.41) is 10.5. The smallest absolute Gasteiger partial charge is 0.339 e. The standard InChI is InChI=1S/C16H15ClF2N2O2/c1-9-8-21(6-5-16(9,18)19)14-11(15(22)23)7-10-3-2-4-12(17)13(10)20-14/h2-4,7,9H,5-6,8H2,1H3,(H,22,23). The van der Waals surface area contributed by atoms with Crippen molar-refractivity contribution < 1.29 is 18.7 Å². The van der Waals surface area contributed by atoms with Gasteiger partial charge in [0, 0.05) is 30.8 Å². The van der Waals surface area contributed by atoms with E-state index in [0.717, 1.165) is 0 Å². The third kappa shape index (κ3) is 2.83. The van der Waals surface area contributed by atoms with Crippen LogP contribution < -0.4 is 4.90 Å². The SMILES string of the molecule is CC1CN(c2nc3c(Cl)cccc3cc2C(=O)O)CCC1(F)F. The van der Waals surface area contributed by atoms with Gasteiger partial charge < -0.3 is 10.0 Å². The number of carboxylic acids is 1. The lowest BCUT2D eigenvalue weighted by Crippen LogP contribution is -2.46. The number of pyridine rings is 1. The number of aromatic carboxylic acids is 1. The Labute approximate surface area is 136 Å². The first-order valence-electron chi connectivity index (χ1n) is 7.25. The second-order valence-corrected chi connectivity index (χ2v) is 6.24. The van der Waals surface area contributed by atoms with Gasteiger partial charge in [0.2, 0.25) is 0 Å². The molecule has 0 aliphatic carbocycles. The van der Waals surface area contributed by atoms with Gasteiger partial charge in [-0.25, -0.2) is 18.6 Å². The zero-order valence-electron chi connectivity index (χ0n) is 12.4. The molecule has 1 aromatic carbocycles. The third-order valence-electron chi connectivity index (χ3n) is 4.24. The second-order valence-electron chi connectivity index (χ2n) is 5.83. The van der Waals surface area contributed by atoms with Crippen molar-refractivity contribution in [2.75, 3.05) is 18.0 Å². The number of piperidine rings is 1. The van der Waals surface area contributed by atoms with Crippen LogP contribution in [0.3, 0.4) is 0 Å². The van der Waals surface area contributed by atoms with E-state index in [0.29, 0.717) is 15.9 Å². The Morgan fingerprint density at radius 2 is 2.22 bits per heavy atom. The Hall–Kier alpha value is -1.95. The first-order chi connectivity index (χ1) is 10.8. The molecule has 0 saturated carbocycles. The monoisotopic (exact) mass is 340 g/mol. The number of benzene rings is 1. The molecule has 4 nitrogen and oxygen atoms in total. The highest BCUT2D eigenvalue weighted by atomic mass is 35.5. The van der Waals surface area contributed by atoms with E-state index in [1.807, 2.05) is 0 Å². The lowest BCUT2D eigenvalue weighted by molar-refractivity contribution is -0.0652. The van der Waals surface area contributed by atoms with E-state index in [1.165, 1.54) is 13.0 Å². The molecule has 0 spiro atoms. The van der Waals surface area contributed by atoms with Crippen LogP contribution in [0, 0.1) is 5.92 Å². The third-order valence-corrected chi connectivity index (χ3v) is 4.54. The summed E-state index contributed by atoms with van der Waals surface area (Å²) in [6.07, 6.45) is -0.324. The van der Waals surface area contributed by atoms with Gasteiger partial charge in [0.15, 0.2) is 0 Å². The number of hydrogen-bond donors (Lipinski definition) is 1. The van der Waals surface area contributed by atoms with Crippen molar-refractivity contribution >= 4 is 34.3 Å². The first-order valence-corrected chi connectivity index (χ1v) is 7.63. The fourth-order valence-corrected chi connectivity index (χ4v) is 3.05. The molecule has 3 rings (SSSR count). The Morgan fingerprint density at radius 3 is 2.87 bits per heavy atom. The molecule has 1 unspecified atom stereocenters. The van der Waals surface area contributed by atoms with Crippen molar-refractivity contribution in [3.05, 3.63) is 34.9 Å². The summed E-state index contributed by atoms with van der Waals surface area (Å²) >= 11 is 6.13. The molecule has 23 heavy (non-hydrogen) atoms. The van der Waals surface area contributed by atoms with E-state index in [2.05, 4.69) is 4.98 Å². The highest BCUT2D eigenvalue weighted by molar-refractivity contribution is 6.35. The molecule has 0 amide bonds. The topological polar surface area (TPSA) is 53.4 Å². The summed E-state index contributed by atoms with van der Waals surface area (Å²) in [5.74, 6) is -4.56. The van der Waals surface area contributed by atoms with Crippen molar-refractivity contribution in [3.8, 4) is 0 Å². The molecule has 0 bridgehead atoms. The molecular weight excluding hydrogens is 326 g/mol. The van der Waals surface area contributed by atoms with Gasteiger partial charge in [-0.3, -0.25) is 0 Å². The number of anilines is 1. The molecule has 1 aromatic heterocycles. The Bertz CT molecular complexity index is 782. The zero-order chi connectivity index (χ0) is 16.8. The number of halogens is 3. The number of hydrogen-bond acceptors (Lipinski definition) is 3. The molecule has 1 aliphatic heterocycles. The molecule has 2 heterocycles. The van der Waals surface area contributed by atoms with Crippen LogP contribution in [0.25, 0.3) is 10.9 Å². The number of rotatable bonds is 2. The number of aromatic nitrogens is 1. The van der Waals surface area contributed by atoms with Gasteiger partial charge in [0.25, 0.3) is 5.92 Å². The van der Waals surface area contributed by atoms with Crippen LogP contribution in [-0.4, -0.2) is 35.1 Å². The van der Waals surface area contributed by atoms with Crippen LogP contribution in [0.2, 0.25) is 5.02 Å². The molecule has 1 atom stereocenters. The van der Waals surface area contributed by atoms with Crippen LogP contribution in [0.1, 0.15) is 23.7 Å². The maximum atomic E-state index is 13.7. The number of para-hydroxylation sites is 1. The fraction of sp³-hybridized carbons (Fsp3) is 0.375. The van der Waals surface area contributed by atoms with Gasteiger partial charge >= 0.3 is 5.97 Å². The van der Waals surface area contributed by atoms with E-state index < -0.39 is 17.8 Å². The minimum absolute atomic E-state index is 0.00261. The summed E-state index contributed by atoms with van der Waals surface area (Å²) in [6, 6.07) is 6.58. The molecule has 1 aliphatic rings. The molecule has 2 aromatic rings. The van der Waals surface area contributed by atoms with E-state index in [9.17, 15) is 18.7 Å². The fourth-order valence-electron chi connectivity index (χ4n) is 2.83. The number of fused-ring (bicyclic) bond motifs is 1. The number of carbonyl (C=O) groups is 1. The Balaban J connectivity index is 2.10. The molecule has 1 N–H and O–H groups in total. The minimum Gasteiger partial charge on any atom is -0.478 e. The van der Waals surface area contributed by atoms with E-state index >= 15 is 0 Å². The van der Waals surface area contributed by atoms with Gasteiger partial charge in [-0.15, -0.1) is 0 Å². The van der Waals surface area contributed by atoms with E-state index in [1.54, 1.807) is 23.1 Å². The molecule has 122 valence electrons. The van der Waals surface area contributed by atoms with Gasteiger partial charge in [-0.2, -0.15) is 0 Å². The van der Waals surface area contributed by atoms with Crippen LogP contribution in [0.5, 0.6) is 0 Å². The molecule has 1 saturated heterocycles. The quantitative estimate of drug-likeness (QED) is 0.895. The summed E-state index contributed by atoms with van der Waals surface area (Å²) in [4.78, 5) is 17.5. The lowest BCUT2D eigenvalue weighted by Gasteiger charge is -2.37.